The SMILES string of the molecule is C/[P+](=C1/P=C(c2c(C(C)(C)C)cc(C(C)(C)C)cc2C(C)(C)C)P=C1c1c(C(C)(C)C)cc(C(C)(C)C)cc1C(C)(C)C)c1c(C(C)(C)C)cc(C(C)(C)C)cc1C(C)(C)C. The molecule has 336 valence electrons. The van der Waals surface area contributed by atoms with E-state index in [1.807, 2.05) is 0 Å². The fourth-order valence-corrected chi connectivity index (χ4v) is 15.6. The molecule has 0 bridgehead atoms. The molecular weight excluding hydrogens is 790 g/mol. The van der Waals surface area contributed by atoms with Crippen molar-refractivity contribution in [2.75, 3.05) is 6.66 Å². The van der Waals surface area contributed by atoms with Gasteiger partial charge in [0.2, 0.25) is 0 Å². The summed E-state index contributed by atoms with van der Waals surface area (Å²) in [5.41, 5.74) is 16.3. The minimum Gasteiger partial charge on any atom is -0.0561 e. The first kappa shape index (κ1) is 51.8. The number of rotatable bonds is 3. The van der Waals surface area contributed by atoms with Gasteiger partial charge in [0.1, 0.15) is 14.2 Å². The van der Waals surface area contributed by atoms with Gasteiger partial charge in [0.05, 0.1) is 5.29 Å². The summed E-state index contributed by atoms with van der Waals surface area (Å²) in [6.07, 6.45) is 0. The lowest BCUT2D eigenvalue weighted by Crippen LogP contribution is -2.32. The highest BCUT2D eigenvalue weighted by atomic mass is 31.1. The van der Waals surface area contributed by atoms with Crippen LogP contribution in [0.15, 0.2) is 36.4 Å². The Labute approximate surface area is 382 Å². The second-order valence-electron chi connectivity index (χ2n) is 27.8. The monoisotopic (exact) mass is 880 g/mol. The zero-order chi connectivity index (χ0) is 47.4. The highest BCUT2D eigenvalue weighted by Gasteiger charge is 2.42. The van der Waals surface area contributed by atoms with Gasteiger partial charge in [0.15, 0.2) is 10.3 Å². The molecule has 0 aliphatic carbocycles. The van der Waals surface area contributed by atoms with E-state index in [9.17, 15) is 0 Å². The van der Waals surface area contributed by atoms with Crippen molar-refractivity contribution in [1.82, 2.24) is 0 Å². The topological polar surface area (TPSA) is 0 Å². The maximum atomic E-state index is 2.64. The van der Waals surface area contributed by atoms with E-state index < -0.39 is 7.55 Å². The van der Waals surface area contributed by atoms with Crippen LogP contribution in [-0.2, 0) is 48.7 Å². The van der Waals surface area contributed by atoms with Gasteiger partial charge in [-0.25, -0.2) is 0 Å². The van der Waals surface area contributed by atoms with E-state index in [1.165, 1.54) is 77.6 Å². The van der Waals surface area contributed by atoms with E-state index in [4.69, 9.17) is 0 Å². The summed E-state index contributed by atoms with van der Waals surface area (Å²) in [6, 6.07) is 15.6. The van der Waals surface area contributed by atoms with Crippen molar-refractivity contribution in [3.05, 3.63) is 97.6 Å². The van der Waals surface area contributed by atoms with Crippen LogP contribution in [0.2, 0.25) is 0 Å². The van der Waals surface area contributed by atoms with Crippen LogP contribution >= 0.6 is 24.0 Å². The van der Waals surface area contributed by atoms with Gasteiger partial charge < -0.3 is 0 Å². The van der Waals surface area contributed by atoms with Gasteiger partial charge in [0, 0.05) is 16.2 Å². The molecule has 1 aliphatic heterocycles. The molecule has 0 saturated heterocycles. The molecule has 0 N–H and O–H groups in total. The fraction of sp³-hybridized carbons (Fsp3) is 0.638. The lowest BCUT2D eigenvalue weighted by atomic mass is 9.72. The molecule has 1 unspecified atom stereocenters. The van der Waals surface area contributed by atoms with Gasteiger partial charge in [-0.1, -0.05) is 223 Å². The molecule has 0 nitrogen and oxygen atoms in total. The molecule has 1 atom stereocenters. The van der Waals surface area contributed by atoms with Gasteiger partial charge in [-0.2, -0.15) is 0 Å². The van der Waals surface area contributed by atoms with E-state index in [-0.39, 0.29) is 48.7 Å². The summed E-state index contributed by atoms with van der Waals surface area (Å²) in [5, 5.41) is 6.39. The van der Waals surface area contributed by atoms with Crippen LogP contribution in [0.1, 0.15) is 248 Å². The number of hydrogen-bond acceptors (Lipinski definition) is 0. The molecule has 4 rings (SSSR count). The summed E-state index contributed by atoms with van der Waals surface area (Å²) in [7, 11) is 1.98. The Morgan fingerprint density at radius 2 is 0.557 bits per heavy atom. The molecule has 3 aromatic carbocycles. The number of benzene rings is 3. The third kappa shape index (κ3) is 11.2. The molecule has 61 heavy (non-hydrogen) atoms. The van der Waals surface area contributed by atoms with Crippen LogP contribution in [0.25, 0.3) is 0 Å². The Balaban J connectivity index is 2.48. The molecule has 3 heteroatoms. The highest BCUT2D eigenvalue weighted by molar-refractivity contribution is 8.00. The van der Waals surface area contributed by atoms with Crippen molar-refractivity contribution < 1.29 is 0 Å². The van der Waals surface area contributed by atoms with E-state index in [1.54, 1.807) is 20.7 Å². The van der Waals surface area contributed by atoms with Crippen molar-refractivity contribution in [2.24, 2.45) is 0 Å². The Morgan fingerprint density at radius 1 is 0.311 bits per heavy atom. The van der Waals surface area contributed by atoms with Gasteiger partial charge in [-0.15, -0.1) is 0 Å². The van der Waals surface area contributed by atoms with Crippen LogP contribution in [0.4, 0.5) is 0 Å². The van der Waals surface area contributed by atoms with Crippen molar-refractivity contribution in [2.45, 2.75) is 236 Å². The molecule has 0 amide bonds. The average molecular weight is 880 g/mol. The number of hydrogen-bond donors (Lipinski definition) is 0. The van der Waals surface area contributed by atoms with E-state index in [0.29, 0.717) is 0 Å². The molecule has 0 fully saturated rings. The Morgan fingerprint density at radius 3 is 0.803 bits per heavy atom. The maximum Gasteiger partial charge on any atom is 0.187 e. The Hall–Kier alpha value is -1.83. The third-order valence-corrected chi connectivity index (χ3v) is 18.7. The quantitative estimate of drug-likeness (QED) is 0.230. The van der Waals surface area contributed by atoms with Crippen LogP contribution in [0, 0.1) is 0 Å². The minimum atomic E-state index is -0.763. The minimum absolute atomic E-state index is 0.0171. The molecule has 0 saturated carbocycles. The van der Waals surface area contributed by atoms with Crippen LogP contribution in [-0.4, -0.2) is 22.0 Å². The van der Waals surface area contributed by atoms with Gasteiger partial charge in [0.25, 0.3) is 0 Å². The first-order valence-electron chi connectivity index (χ1n) is 23.3. The molecule has 0 aromatic heterocycles. The predicted octanol–water partition coefficient (Wildman–Crippen LogP) is 17.5. The summed E-state index contributed by atoms with van der Waals surface area (Å²) in [5.74, 6) is 0. The molecule has 0 radical (unpaired) electrons. The first-order valence-corrected chi connectivity index (χ1v) is 26.8. The average Bonchev–Trinajstić information content (AvgIpc) is 3.47. The van der Waals surface area contributed by atoms with Crippen LogP contribution in [0.3, 0.4) is 0 Å². The molecule has 0 spiro atoms. The van der Waals surface area contributed by atoms with Crippen molar-refractivity contribution >= 4 is 44.6 Å². The van der Waals surface area contributed by atoms with Crippen molar-refractivity contribution in [3.63, 3.8) is 0 Å². The van der Waals surface area contributed by atoms with E-state index >= 15 is 0 Å². The maximum absolute atomic E-state index is 2.64. The Bertz CT molecular complexity index is 2160. The summed E-state index contributed by atoms with van der Waals surface area (Å²) in [4.78, 5) is 0. The smallest absolute Gasteiger partial charge is 0.0561 e. The summed E-state index contributed by atoms with van der Waals surface area (Å²) >= 11 is 0. The van der Waals surface area contributed by atoms with Gasteiger partial charge >= 0.3 is 0 Å². The highest BCUT2D eigenvalue weighted by Crippen LogP contribution is 2.50. The normalized spacial score (nSPS) is 16.8. The van der Waals surface area contributed by atoms with Crippen molar-refractivity contribution in [1.29, 1.82) is 0 Å². The standard InChI is InChI=1S/C58H90P3/c1-50(2,3)35-29-38(53(10,11)12)44(39(30-35)54(13,14)15)46-49(61(28)47-42(57(22,23)24)33-37(52(7,8)9)34-43(47)58(25,26)27)60-48(59-46)45-40(55(16,17)18)31-36(51(4,5)6)32-41(45)56(19,20)21/h29-34H,1-28H3/q+1. The van der Waals surface area contributed by atoms with E-state index in [0.717, 1.165) is 0 Å². The van der Waals surface area contributed by atoms with E-state index in [2.05, 4.69) is 230 Å². The largest absolute Gasteiger partial charge is 0.187 e. The van der Waals surface area contributed by atoms with Gasteiger partial charge in [-0.05, 0) is 115 Å². The molecule has 1 heterocycles. The lowest BCUT2D eigenvalue weighted by Gasteiger charge is -2.34. The zero-order valence-electron chi connectivity index (χ0n) is 44.8. The van der Waals surface area contributed by atoms with Crippen molar-refractivity contribution in [3.8, 4) is 0 Å². The molecular formula is C58H90P3+. The fourth-order valence-electron chi connectivity index (χ4n) is 8.54. The first-order chi connectivity index (χ1) is 26.9. The third-order valence-electron chi connectivity index (χ3n) is 12.6. The Kier molecular flexibility index (Phi) is 13.8. The summed E-state index contributed by atoms with van der Waals surface area (Å²) < 4.78 is 0. The molecule has 1 aliphatic rings. The van der Waals surface area contributed by atoms with Crippen LogP contribution < -0.4 is 5.30 Å². The molecule has 3 aromatic rings. The van der Waals surface area contributed by atoms with Gasteiger partial charge in [-0.3, -0.25) is 0 Å². The second-order valence-corrected chi connectivity index (χ2v) is 32.8. The summed E-state index contributed by atoms with van der Waals surface area (Å²) in [6.45, 7) is 68.2. The second kappa shape index (κ2) is 16.2. The van der Waals surface area contributed by atoms with Crippen LogP contribution in [0.5, 0.6) is 0 Å². The lowest BCUT2D eigenvalue weighted by molar-refractivity contribution is 0.546. The predicted molar refractivity (Wildman–Crippen MR) is 287 cm³/mol. The zero-order valence-corrected chi connectivity index (χ0v) is 47.5.